The second-order valence-electron chi connectivity index (χ2n) is 1.69. The van der Waals surface area contributed by atoms with Crippen LogP contribution >= 0.6 is 11.3 Å². The minimum Gasteiger partial charge on any atom is -0.411 e. The van der Waals surface area contributed by atoms with Crippen LogP contribution in [0.2, 0.25) is 0 Å². The maximum absolute atomic E-state index is 8.11. The van der Waals surface area contributed by atoms with Gasteiger partial charge in [0, 0.05) is 9.75 Å². The van der Waals surface area contributed by atoms with E-state index in [2.05, 4.69) is 5.16 Å². The van der Waals surface area contributed by atoms with Gasteiger partial charge in [-0.05, 0) is 19.1 Å². The van der Waals surface area contributed by atoms with Crippen LogP contribution in [-0.4, -0.2) is 11.4 Å². The molecule has 1 aromatic rings. The maximum Gasteiger partial charge on any atom is 0.0833 e. The van der Waals surface area contributed by atoms with Crippen LogP contribution < -0.4 is 0 Å². The van der Waals surface area contributed by atoms with E-state index in [4.69, 9.17) is 5.21 Å². The maximum atomic E-state index is 8.11. The van der Waals surface area contributed by atoms with Crippen molar-refractivity contribution in [1.29, 1.82) is 0 Å². The summed E-state index contributed by atoms with van der Waals surface area (Å²) in [6.45, 7) is 6.01. The van der Waals surface area contributed by atoms with Gasteiger partial charge < -0.3 is 5.21 Å². The van der Waals surface area contributed by atoms with Gasteiger partial charge in [0.1, 0.15) is 0 Å². The van der Waals surface area contributed by atoms with E-state index >= 15 is 0 Å². The van der Waals surface area contributed by atoms with Gasteiger partial charge in [-0.25, -0.2) is 0 Å². The molecule has 0 radical (unpaired) electrons. The quantitative estimate of drug-likeness (QED) is 0.393. The van der Waals surface area contributed by atoms with Crippen molar-refractivity contribution in [1.82, 2.24) is 0 Å². The molecule has 0 bridgehead atoms. The summed E-state index contributed by atoms with van der Waals surface area (Å²) in [4.78, 5) is 2.21. The second kappa shape index (κ2) is 5.92. The Morgan fingerprint density at radius 1 is 1.45 bits per heavy atom. The number of nitrogens with zero attached hydrogens (tertiary/aromatic N) is 1. The van der Waals surface area contributed by atoms with Crippen molar-refractivity contribution >= 4 is 17.6 Å². The molecule has 3 heteroatoms. The molecule has 1 heterocycles. The summed E-state index contributed by atoms with van der Waals surface area (Å²) in [5, 5.41) is 11.0. The monoisotopic (exact) mass is 171 g/mol. The molecule has 2 nitrogen and oxygen atoms in total. The lowest BCUT2D eigenvalue weighted by Gasteiger charge is -1.75. The fourth-order valence-corrected chi connectivity index (χ4v) is 1.32. The van der Waals surface area contributed by atoms with Crippen molar-refractivity contribution in [2.75, 3.05) is 0 Å². The average Bonchev–Trinajstić information content (AvgIpc) is 2.41. The molecule has 0 aliphatic heterocycles. The zero-order valence-corrected chi connectivity index (χ0v) is 7.85. The predicted molar refractivity (Wildman–Crippen MR) is 49.8 cm³/mol. The number of oxime groups is 1. The molecule has 0 atom stereocenters. The molecule has 0 spiro atoms. The number of hydrogen-bond donors (Lipinski definition) is 1. The first-order valence-electron chi connectivity index (χ1n) is 3.57. The van der Waals surface area contributed by atoms with Crippen LogP contribution in [0.1, 0.15) is 23.6 Å². The first-order valence-corrected chi connectivity index (χ1v) is 4.38. The zero-order valence-electron chi connectivity index (χ0n) is 7.03. The molecule has 62 valence electrons. The van der Waals surface area contributed by atoms with Crippen LogP contribution in [-0.2, 0) is 0 Å². The third-order valence-electron chi connectivity index (χ3n) is 0.946. The van der Waals surface area contributed by atoms with Crippen molar-refractivity contribution in [3.8, 4) is 0 Å². The van der Waals surface area contributed by atoms with Gasteiger partial charge in [-0.3, -0.25) is 0 Å². The van der Waals surface area contributed by atoms with Gasteiger partial charge in [-0.15, -0.1) is 11.3 Å². The molecule has 0 aliphatic rings. The van der Waals surface area contributed by atoms with Crippen LogP contribution in [0.4, 0.5) is 0 Å². The summed E-state index contributed by atoms with van der Waals surface area (Å²) in [5.74, 6) is 0. The molecule has 1 aromatic heterocycles. The second-order valence-corrected chi connectivity index (χ2v) is 3.01. The fraction of sp³-hybridized carbons (Fsp3) is 0.375. The summed E-state index contributed by atoms with van der Waals surface area (Å²) >= 11 is 1.60. The van der Waals surface area contributed by atoms with E-state index in [1.54, 1.807) is 11.3 Å². The Kier molecular flexibility index (Phi) is 5.47. The smallest absolute Gasteiger partial charge is 0.0833 e. The molecule has 0 amide bonds. The van der Waals surface area contributed by atoms with Crippen molar-refractivity contribution in [2.45, 2.75) is 20.8 Å². The van der Waals surface area contributed by atoms with E-state index in [1.807, 2.05) is 32.9 Å². The van der Waals surface area contributed by atoms with Crippen LogP contribution in [0.3, 0.4) is 0 Å². The Morgan fingerprint density at radius 3 is 2.45 bits per heavy atom. The van der Waals surface area contributed by atoms with Crippen molar-refractivity contribution in [3.63, 3.8) is 0 Å². The molecule has 1 N–H and O–H groups in total. The third kappa shape index (κ3) is 3.78. The lowest BCUT2D eigenvalue weighted by molar-refractivity contribution is 0.322. The molecule has 0 saturated heterocycles. The summed E-state index contributed by atoms with van der Waals surface area (Å²) < 4.78 is 0. The number of rotatable bonds is 1. The normalized spacial score (nSPS) is 9.36. The largest absolute Gasteiger partial charge is 0.411 e. The van der Waals surface area contributed by atoms with Gasteiger partial charge in [0.2, 0.25) is 0 Å². The van der Waals surface area contributed by atoms with Crippen molar-refractivity contribution < 1.29 is 5.21 Å². The van der Waals surface area contributed by atoms with E-state index in [-0.39, 0.29) is 0 Å². The Balaban J connectivity index is 0.000000461. The molecule has 11 heavy (non-hydrogen) atoms. The highest BCUT2D eigenvalue weighted by Gasteiger charge is 1.89. The van der Waals surface area contributed by atoms with Crippen molar-refractivity contribution in [2.24, 2.45) is 5.16 Å². The Morgan fingerprint density at radius 2 is 2.09 bits per heavy atom. The lowest BCUT2D eigenvalue weighted by atomic mass is 10.4. The molecule has 1 rings (SSSR count). The Bertz CT molecular complexity index is 218. The Hall–Kier alpha value is -0.830. The Labute approximate surface area is 71.2 Å². The standard InChI is InChI=1S/C6H7NOS.C2H6/c1-5-2-3-6(9-5)4-7-8;1-2/h2-4,8H,1H3;1-2H3/b7-4+;. The summed E-state index contributed by atoms with van der Waals surface area (Å²) in [6.07, 6.45) is 1.43. The van der Waals surface area contributed by atoms with Gasteiger partial charge >= 0.3 is 0 Å². The minimum atomic E-state index is 0.981. The van der Waals surface area contributed by atoms with Crippen LogP contribution in [0.25, 0.3) is 0 Å². The van der Waals surface area contributed by atoms with Crippen molar-refractivity contribution in [3.05, 3.63) is 21.9 Å². The molecule has 0 saturated carbocycles. The molecule has 0 unspecified atom stereocenters. The number of thiophene rings is 1. The minimum absolute atomic E-state index is 0.981. The number of aryl methyl sites for hydroxylation is 1. The molecule has 0 fully saturated rings. The molecule has 0 aromatic carbocycles. The first kappa shape index (κ1) is 10.2. The van der Waals surface area contributed by atoms with Crippen LogP contribution in [0.5, 0.6) is 0 Å². The van der Waals surface area contributed by atoms with E-state index in [0.29, 0.717) is 0 Å². The number of hydrogen-bond acceptors (Lipinski definition) is 3. The highest BCUT2D eigenvalue weighted by Crippen LogP contribution is 2.11. The van der Waals surface area contributed by atoms with E-state index in [1.165, 1.54) is 11.1 Å². The van der Waals surface area contributed by atoms with Crippen LogP contribution in [0.15, 0.2) is 17.3 Å². The van der Waals surface area contributed by atoms with Gasteiger partial charge in [0.15, 0.2) is 0 Å². The van der Waals surface area contributed by atoms with Gasteiger partial charge in [-0.2, -0.15) is 0 Å². The van der Waals surface area contributed by atoms with Gasteiger partial charge in [0.25, 0.3) is 0 Å². The summed E-state index contributed by atoms with van der Waals surface area (Å²) in [6, 6.07) is 3.90. The summed E-state index contributed by atoms with van der Waals surface area (Å²) in [7, 11) is 0. The molecule has 0 aliphatic carbocycles. The predicted octanol–water partition coefficient (Wildman–Crippen LogP) is 2.89. The van der Waals surface area contributed by atoms with E-state index < -0.39 is 0 Å². The highest BCUT2D eigenvalue weighted by atomic mass is 32.1. The molecular formula is C8H13NOS. The van der Waals surface area contributed by atoms with E-state index in [9.17, 15) is 0 Å². The lowest BCUT2D eigenvalue weighted by Crippen LogP contribution is -1.67. The highest BCUT2D eigenvalue weighted by molar-refractivity contribution is 7.13. The van der Waals surface area contributed by atoms with E-state index in [0.717, 1.165) is 4.88 Å². The third-order valence-corrected chi connectivity index (χ3v) is 1.88. The van der Waals surface area contributed by atoms with Gasteiger partial charge in [0.05, 0.1) is 6.21 Å². The topological polar surface area (TPSA) is 32.6 Å². The molecular weight excluding hydrogens is 158 g/mol. The SMILES string of the molecule is CC.Cc1ccc(/C=N/O)s1. The fourth-order valence-electron chi connectivity index (χ4n) is 0.580. The zero-order chi connectivity index (χ0) is 8.69. The average molecular weight is 171 g/mol. The van der Waals surface area contributed by atoms with Crippen LogP contribution in [0, 0.1) is 6.92 Å². The first-order chi connectivity index (χ1) is 5.33. The summed E-state index contributed by atoms with van der Waals surface area (Å²) in [5.41, 5.74) is 0. The van der Waals surface area contributed by atoms with Gasteiger partial charge in [-0.1, -0.05) is 19.0 Å².